The lowest BCUT2D eigenvalue weighted by Crippen LogP contribution is -2.28. The number of nitrogens with one attached hydrogen (secondary N) is 2. The number of primary sulfonamides is 1. The molecule has 0 aliphatic heterocycles. The van der Waals surface area contributed by atoms with E-state index >= 15 is 0 Å². The molecule has 120 valence electrons. The molecule has 0 heterocycles. The Labute approximate surface area is 139 Å². The zero-order chi connectivity index (χ0) is 15.3. The number of hydrogen-bond acceptors (Lipinski definition) is 4. The van der Waals surface area contributed by atoms with E-state index in [-0.39, 0.29) is 23.2 Å². The summed E-state index contributed by atoms with van der Waals surface area (Å²) in [5.41, 5.74) is 0.648. The van der Waals surface area contributed by atoms with Gasteiger partial charge in [-0.1, -0.05) is 15.9 Å². The van der Waals surface area contributed by atoms with Crippen molar-refractivity contribution in [2.45, 2.75) is 18.2 Å². The van der Waals surface area contributed by atoms with Crippen LogP contribution in [0.25, 0.3) is 0 Å². The Morgan fingerprint density at radius 3 is 2.48 bits per heavy atom. The Hall–Kier alpha value is -0.670. The summed E-state index contributed by atoms with van der Waals surface area (Å²) >= 11 is 3.19. The van der Waals surface area contributed by atoms with Crippen LogP contribution in [0.4, 0.5) is 0 Å². The molecule has 0 radical (unpaired) electrons. The van der Waals surface area contributed by atoms with Gasteiger partial charge in [-0.2, -0.15) is 0 Å². The molecule has 4 N–H and O–H groups in total. The van der Waals surface area contributed by atoms with Gasteiger partial charge in [0, 0.05) is 16.6 Å². The third-order valence-corrected chi connectivity index (χ3v) is 4.26. The molecule has 9 heteroatoms. The molecule has 1 aromatic rings. The minimum Gasteiger partial charge on any atom is -0.352 e. The van der Waals surface area contributed by atoms with E-state index in [0.29, 0.717) is 22.1 Å². The first-order valence-corrected chi connectivity index (χ1v) is 8.37. The first-order chi connectivity index (χ1) is 9.27. The number of rotatable bonds is 6. The molecule has 0 fully saturated rings. The Morgan fingerprint density at radius 2 is 1.95 bits per heavy atom. The van der Waals surface area contributed by atoms with E-state index in [4.69, 9.17) is 5.14 Å². The first-order valence-electron chi connectivity index (χ1n) is 6.03. The van der Waals surface area contributed by atoms with Gasteiger partial charge < -0.3 is 10.6 Å². The van der Waals surface area contributed by atoms with Crippen LogP contribution in [0.2, 0.25) is 0 Å². The molecule has 0 aliphatic carbocycles. The lowest BCUT2D eigenvalue weighted by molar-refractivity contribution is 0.0952. The van der Waals surface area contributed by atoms with Crippen LogP contribution in [-0.4, -0.2) is 34.5 Å². The topological polar surface area (TPSA) is 101 Å². The van der Waals surface area contributed by atoms with Crippen molar-refractivity contribution < 1.29 is 13.2 Å². The molecule has 1 rings (SSSR count). The van der Waals surface area contributed by atoms with Gasteiger partial charge in [0.15, 0.2) is 0 Å². The minimum atomic E-state index is -3.86. The van der Waals surface area contributed by atoms with Crippen LogP contribution in [0.5, 0.6) is 0 Å². The number of carbonyl (C=O) groups is 1. The number of amides is 1. The molecule has 0 saturated carbocycles. The highest BCUT2D eigenvalue weighted by atomic mass is 79.9. The van der Waals surface area contributed by atoms with Gasteiger partial charge in [0.25, 0.3) is 5.91 Å². The molecule has 0 saturated heterocycles. The molecular formula is C12H19BrClN3O3S. The van der Waals surface area contributed by atoms with Crippen molar-refractivity contribution in [2.24, 2.45) is 5.14 Å². The standard InChI is InChI=1S/C12H18BrN3O3S.ClH/c1-8-10(12(17)16-5-3-4-15-2)6-9(13)7-11(8)20(14,18)19;/h6-7,15H,3-5H2,1-2H3,(H,16,17)(H2,14,18,19);1H. The first kappa shape index (κ1) is 20.3. The monoisotopic (exact) mass is 399 g/mol. The van der Waals surface area contributed by atoms with E-state index in [0.717, 1.165) is 13.0 Å². The third-order valence-electron chi connectivity index (χ3n) is 2.77. The lowest BCUT2D eigenvalue weighted by Gasteiger charge is -2.11. The maximum absolute atomic E-state index is 12.1. The average molecular weight is 401 g/mol. The molecule has 0 unspecified atom stereocenters. The van der Waals surface area contributed by atoms with Gasteiger partial charge >= 0.3 is 0 Å². The summed E-state index contributed by atoms with van der Waals surface area (Å²) in [6, 6.07) is 2.97. The minimum absolute atomic E-state index is 0. The molecule has 6 nitrogen and oxygen atoms in total. The van der Waals surface area contributed by atoms with E-state index < -0.39 is 10.0 Å². The van der Waals surface area contributed by atoms with Crippen molar-refractivity contribution in [3.8, 4) is 0 Å². The van der Waals surface area contributed by atoms with Crippen LogP contribution in [0, 0.1) is 6.92 Å². The molecule has 0 spiro atoms. The Kier molecular flexibility index (Phi) is 8.42. The predicted octanol–water partition coefficient (Wildman–Crippen LogP) is 1.17. The zero-order valence-corrected chi connectivity index (χ0v) is 15.0. The number of sulfonamides is 1. The van der Waals surface area contributed by atoms with Crippen LogP contribution in [-0.2, 0) is 10.0 Å². The maximum Gasteiger partial charge on any atom is 0.251 e. The van der Waals surface area contributed by atoms with E-state index in [1.165, 1.54) is 6.07 Å². The summed E-state index contributed by atoms with van der Waals surface area (Å²) in [6.07, 6.45) is 0.789. The van der Waals surface area contributed by atoms with Crippen molar-refractivity contribution in [3.05, 3.63) is 27.7 Å². The van der Waals surface area contributed by atoms with Crippen LogP contribution in [0.3, 0.4) is 0 Å². The summed E-state index contributed by atoms with van der Waals surface area (Å²) in [6.45, 7) is 2.87. The quantitative estimate of drug-likeness (QED) is 0.624. The molecular weight excluding hydrogens is 382 g/mol. The normalized spacial score (nSPS) is 10.9. The van der Waals surface area contributed by atoms with Crippen LogP contribution < -0.4 is 15.8 Å². The predicted molar refractivity (Wildman–Crippen MR) is 88.4 cm³/mol. The molecule has 1 aromatic carbocycles. The third kappa shape index (κ3) is 5.91. The molecule has 0 aromatic heterocycles. The van der Waals surface area contributed by atoms with Crippen molar-refractivity contribution in [1.82, 2.24) is 10.6 Å². The van der Waals surface area contributed by atoms with Crippen LogP contribution in [0.15, 0.2) is 21.5 Å². The van der Waals surface area contributed by atoms with Crippen molar-refractivity contribution in [3.63, 3.8) is 0 Å². The van der Waals surface area contributed by atoms with Crippen molar-refractivity contribution >= 4 is 44.3 Å². The second kappa shape index (κ2) is 8.70. The van der Waals surface area contributed by atoms with Gasteiger partial charge in [-0.25, -0.2) is 13.6 Å². The lowest BCUT2D eigenvalue weighted by atomic mass is 10.1. The van der Waals surface area contributed by atoms with Crippen molar-refractivity contribution in [2.75, 3.05) is 20.1 Å². The second-order valence-corrected chi connectivity index (χ2v) is 6.78. The Bertz CT molecular complexity index is 608. The molecule has 1 amide bonds. The van der Waals surface area contributed by atoms with Gasteiger partial charge in [0.05, 0.1) is 4.90 Å². The SMILES string of the molecule is CNCCCNC(=O)c1cc(Br)cc(S(N)(=O)=O)c1C.Cl. The fourth-order valence-corrected chi connectivity index (χ4v) is 3.19. The number of hydrogen-bond donors (Lipinski definition) is 3. The van der Waals surface area contributed by atoms with Gasteiger partial charge in [-0.05, 0) is 44.6 Å². The van der Waals surface area contributed by atoms with Gasteiger partial charge in [0.1, 0.15) is 0 Å². The van der Waals surface area contributed by atoms with Gasteiger partial charge in [0.2, 0.25) is 10.0 Å². The smallest absolute Gasteiger partial charge is 0.251 e. The second-order valence-electron chi connectivity index (χ2n) is 4.33. The summed E-state index contributed by atoms with van der Waals surface area (Å²) in [4.78, 5) is 12.0. The molecule has 0 atom stereocenters. The summed E-state index contributed by atoms with van der Waals surface area (Å²) in [5, 5.41) is 10.9. The number of benzene rings is 1. The van der Waals surface area contributed by atoms with Crippen LogP contribution >= 0.6 is 28.3 Å². The fraction of sp³-hybridized carbons (Fsp3) is 0.417. The molecule has 0 aliphatic rings. The van der Waals surface area contributed by atoms with Crippen LogP contribution in [0.1, 0.15) is 22.3 Å². The summed E-state index contributed by atoms with van der Waals surface area (Å²) < 4.78 is 23.5. The Morgan fingerprint density at radius 1 is 1.33 bits per heavy atom. The summed E-state index contributed by atoms with van der Waals surface area (Å²) in [7, 11) is -2.03. The number of halogens is 2. The molecule has 21 heavy (non-hydrogen) atoms. The zero-order valence-electron chi connectivity index (χ0n) is 11.8. The summed E-state index contributed by atoms with van der Waals surface area (Å²) in [5.74, 6) is -0.315. The highest BCUT2D eigenvalue weighted by molar-refractivity contribution is 9.10. The number of carbonyl (C=O) groups excluding carboxylic acids is 1. The van der Waals surface area contributed by atoms with E-state index in [9.17, 15) is 13.2 Å². The fourth-order valence-electron chi connectivity index (χ4n) is 1.75. The average Bonchev–Trinajstić information content (AvgIpc) is 2.35. The highest BCUT2D eigenvalue weighted by Crippen LogP contribution is 2.23. The maximum atomic E-state index is 12.1. The van der Waals surface area contributed by atoms with Gasteiger partial charge in [-0.15, -0.1) is 12.4 Å². The van der Waals surface area contributed by atoms with E-state index in [1.54, 1.807) is 13.0 Å². The highest BCUT2D eigenvalue weighted by Gasteiger charge is 2.19. The Balaban J connectivity index is 0.00000400. The van der Waals surface area contributed by atoms with E-state index in [1.807, 2.05) is 7.05 Å². The number of nitrogens with two attached hydrogens (primary N) is 1. The largest absolute Gasteiger partial charge is 0.352 e. The van der Waals surface area contributed by atoms with Gasteiger partial charge in [-0.3, -0.25) is 4.79 Å². The van der Waals surface area contributed by atoms with E-state index in [2.05, 4.69) is 26.6 Å². The van der Waals surface area contributed by atoms with Crippen molar-refractivity contribution in [1.29, 1.82) is 0 Å². The molecule has 0 bridgehead atoms.